The summed E-state index contributed by atoms with van der Waals surface area (Å²) in [5.41, 5.74) is 1.41. The Bertz CT molecular complexity index is 1060. The number of aromatic nitrogens is 1. The minimum Gasteiger partial charge on any atom is -0.461 e. The number of hydrogen-bond donors (Lipinski definition) is 4. The number of non-ortho nitro benzene ring substituents is 1. The van der Waals surface area contributed by atoms with Gasteiger partial charge in [-0.2, -0.15) is 0 Å². The molecular weight excluding hydrogens is 432 g/mol. The van der Waals surface area contributed by atoms with Crippen LogP contribution in [0.2, 0.25) is 5.02 Å². The first-order valence-electron chi connectivity index (χ1n) is 9.26. The number of nitro benzene ring substituents is 1. The Hall–Kier alpha value is -2.73. The van der Waals surface area contributed by atoms with Gasteiger partial charge in [0.1, 0.15) is 24.6 Å². The predicted molar refractivity (Wildman–Crippen MR) is 111 cm³/mol. The maximum Gasteiger partial charge on any atom is 0.270 e. The fourth-order valence-electron chi connectivity index (χ4n) is 3.02. The van der Waals surface area contributed by atoms with Gasteiger partial charge < -0.3 is 34.5 Å². The van der Waals surface area contributed by atoms with Gasteiger partial charge in [0.05, 0.1) is 28.7 Å². The molecule has 3 aromatic rings. The number of benzene rings is 2. The number of nitro groups is 1. The standard InChI is InChI=1S/C20H21ClN2O8/c21-15-8-13(22-6-5-12-7-14(23(28)29)1-3-16(12)22)2-4-18(15)30-20(11-26)31-19(10-25)17(27)9-24/h1-8,17,19-20,24-27H,9-11H2/t17-,19?,20-/m0/s1. The number of nitrogens with zero attached hydrogens (tertiary/aromatic N) is 2. The van der Waals surface area contributed by atoms with Crippen LogP contribution in [0.15, 0.2) is 48.7 Å². The minimum atomic E-state index is -1.35. The highest BCUT2D eigenvalue weighted by molar-refractivity contribution is 6.32. The topological polar surface area (TPSA) is 147 Å². The van der Waals surface area contributed by atoms with Crippen LogP contribution in [0.25, 0.3) is 16.6 Å². The van der Waals surface area contributed by atoms with E-state index in [0.717, 1.165) is 5.52 Å². The van der Waals surface area contributed by atoms with Crippen molar-refractivity contribution in [1.82, 2.24) is 4.57 Å². The quantitative estimate of drug-likeness (QED) is 0.206. The van der Waals surface area contributed by atoms with E-state index >= 15 is 0 Å². The van der Waals surface area contributed by atoms with Gasteiger partial charge in [0, 0.05) is 29.4 Å². The average Bonchev–Trinajstić information content (AvgIpc) is 3.20. The third-order valence-corrected chi connectivity index (χ3v) is 4.90. The molecule has 3 rings (SSSR count). The van der Waals surface area contributed by atoms with Crippen molar-refractivity contribution in [2.45, 2.75) is 18.5 Å². The van der Waals surface area contributed by atoms with Crippen molar-refractivity contribution in [3.8, 4) is 11.4 Å². The molecule has 0 aliphatic carbocycles. The van der Waals surface area contributed by atoms with Crippen LogP contribution in [-0.2, 0) is 4.74 Å². The Labute approximate surface area is 181 Å². The summed E-state index contributed by atoms with van der Waals surface area (Å²) < 4.78 is 12.6. The van der Waals surface area contributed by atoms with Crippen molar-refractivity contribution in [3.63, 3.8) is 0 Å². The zero-order valence-electron chi connectivity index (χ0n) is 16.2. The summed E-state index contributed by atoms with van der Waals surface area (Å²) in [6, 6.07) is 11.1. The van der Waals surface area contributed by atoms with Crippen LogP contribution < -0.4 is 4.74 Å². The molecule has 0 fully saturated rings. The molecule has 0 radical (unpaired) electrons. The SMILES string of the molecule is O=[N+]([O-])c1ccc2c(ccn2-c2ccc(O[C@H](CO)OC(CO)[C@@H](O)CO)c(Cl)c2)c1. The highest BCUT2D eigenvalue weighted by Gasteiger charge is 2.24. The maximum absolute atomic E-state index is 11.0. The van der Waals surface area contributed by atoms with Gasteiger partial charge in [-0.25, -0.2) is 0 Å². The molecule has 10 nitrogen and oxygen atoms in total. The number of halogens is 1. The summed E-state index contributed by atoms with van der Waals surface area (Å²) in [5.74, 6) is 0.187. The molecule has 1 heterocycles. The van der Waals surface area contributed by atoms with E-state index in [2.05, 4.69) is 0 Å². The molecule has 0 saturated heterocycles. The normalized spacial score (nSPS) is 14.4. The summed E-state index contributed by atoms with van der Waals surface area (Å²) >= 11 is 6.32. The number of aliphatic hydroxyl groups is 4. The Morgan fingerprint density at radius 3 is 2.45 bits per heavy atom. The molecule has 0 bridgehead atoms. The van der Waals surface area contributed by atoms with Crippen molar-refractivity contribution in [2.24, 2.45) is 0 Å². The van der Waals surface area contributed by atoms with E-state index in [4.69, 9.17) is 26.2 Å². The van der Waals surface area contributed by atoms with Gasteiger partial charge in [-0.1, -0.05) is 11.6 Å². The van der Waals surface area contributed by atoms with E-state index in [1.807, 2.05) is 0 Å². The van der Waals surface area contributed by atoms with Crippen molar-refractivity contribution in [2.75, 3.05) is 19.8 Å². The molecule has 1 aromatic heterocycles. The number of aliphatic hydroxyl groups excluding tert-OH is 4. The second kappa shape index (κ2) is 10.1. The summed E-state index contributed by atoms with van der Waals surface area (Å²) in [6.07, 6.45) is -1.99. The molecule has 0 aliphatic heterocycles. The van der Waals surface area contributed by atoms with Gasteiger partial charge >= 0.3 is 0 Å². The van der Waals surface area contributed by atoms with Crippen LogP contribution in [0.4, 0.5) is 5.69 Å². The van der Waals surface area contributed by atoms with E-state index < -0.39 is 43.2 Å². The van der Waals surface area contributed by atoms with Gasteiger partial charge in [0.15, 0.2) is 0 Å². The Balaban J connectivity index is 1.81. The van der Waals surface area contributed by atoms with E-state index in [9.17, 15) is 25.4 Å². The zero-order valence-corrected chi connectivity index (χ0v) is 16.9. The lowest BCUT2D eigenvalue weighted by molar-refractivity contribution is -0.384. The third-order valence-electron chi connectivity index (χ3n) is 4.61. The summed E-state index contributed by atoms with van der Waals surface area (Å²) in [7, 11) is 0. The van der Waals surface area contributed by atoms with Crippen LogP contribution in [0.3, 0.4) is 0 Å². The second-order valence-electron chi connectivity index (χ2n) is 6.64. The highest BCUT2D eigenvalue weighted by atomic mass is 35.5. The average molecular weight is 453 g/mol. The Morgan fingerprint density at radius 2 is 1.84 bits per heavy atom. The van der Waals surface area contributed by atoms with Crippen molar-refractivity contribution < 1.29 is 34.8 Å². The summed E-state index contributed by atoms with van der Waals surface area (Å²) in [6.45, 7) is -1.81. The number of ether oxygens (including phenoxy) is 2. The summed E-state index contributed by atoms with van der Waals surface area (Å²) in [5, 5.41) is 49.2. The van der Waals surface area contributed by atoms with Crippen molar-refractivity contribution in [1.29, 1.82) is 0 Å². The van der Waals surface area contributed by atoms with Crippen molar-refractivity contribution in [3.05, 3.63) is 63.8 Å². The molecule has 4 N–H and O–H groups in total. The zero-order chi connectivity index (χ0) is 22.5. The fraction of sp³-hybridized carbons (Fsp3) is 0.300. The highest BCUT2D eigenvalue weighted by Crippen LogP contribution is 2.31. The van der Waals surface area contributed by atoms with E-state index in [1.165, 1.54) is 12.1 Å². The first-order valence-corrected chi connectivity index (χ1v) is 9.64. The van der Waals surface area contributed by atoms with Crippen LogP contribution in [0, 0.1) is 10.1 Å². The molecule has 0 spiro atoms. The van der Waals surface area contributed by atoms with Gasteiger partial charge in [-0.05, 0) is 30.3 Å². The molecule has 166 valence electrons. The lowest BCUT2D eigenvalue weighted by Crippen LogP contribution is -2.41. The first kappa shape index (κ1) is 22.9. The van der Waals surface area contributed by atoms with E-state index in [0.29, 0.717) is 11.1 Å². The van der Waals surface area contributed by atoms with Gasteiger partial charge in [-0.3, -0.25) is 10.1 Å². The number of hydrogen-bond acceptors (Lipinski definition) is 8. The van der Waals surface area contributed by atoms with Crippen molar-refractivity contribution >= 4 is 28.2 Å². The smallest absolute Gasteiger partial charge is 0.270 e. The largest absolute Gasteiger partial charge is 0.461 e. The minimum absolute atomic E-state index is 0.00502. The monoisotopic (exact) mass is 452 g/mol. The number of rotatable bonds is 10. The molecule has 2 aromatic carbocycles. The van der Waals surface area contributed by atoms with E-state index in [1.54, 1.807) is 41.1 Å². The third kappa shape index (κ3) is 5.13. The molecule has 0 amide bonds. The Morgan fingerprint density at radius 1 is 1.06 bits per heavy atom. The molecule has 0 saturated carbocycles. The lowest BCUT2D eigenvalue weighted by atomic mass is 10.2. The van der Waals surface area contributed by atoms with Crippen LogP contribution in [-0.4, -0.2) is 68.2 Å². The van der Waals surface area contributed by atoms with E-state index in [-0.39, 0.29) is 16.5 Å². The fourth-order valence-corrected chi connectivity index (χ4v) is 3.24. The Kier molecular flexibility index (Phi) is 7.44. The lowest BCUT2D eigenvalue weighted by Gasteiger charge is -2.26. The molecule has 31 heavy (non-hydrogen) atoms. The van der Waals surface area contributed by atoms with Gasteiger partial charge in [0.2, 0.25) is 6.29 Å². The molecule has 1 unspecified atom stereocenters. The first-order chi connectivity index (χ1) is 14.9. The van der Waals surface area contributed by atoms with Crippen LogP contribution in [0.1, 0.15) is 0 Å². The molecular formula is C20H21ClN2O8. The van der Waals surface area contributed by atoms with Crippen LogP contribution in [0.5, 0.6) is 5.75 Å². The summed E-state index contributed by atoms with van der Waals surface area (Å²) in [4.78, 5) is 10.5. The molecule has 3 atom stereocenters. The second-order valence-corrected chi connectivity index (χ2v) is 7.04. The molecule has 0 aliphatic rings. The van der Waals surface area contributed by atoms with Gasteiger partial charge in [0.25, 0.3) is 5.69 Å². The maximum atomic E-state index is 11.0. The van der Waals surface area contributed by atoms with Gasteiger partial charge in [-0.15, -0.1) is 0 Å². The predicted octanol–water partition coefficient (Wildman–Crippen LogP) is 1.62. The molecule has 11 heteroatoms. The van der Waals surface area contributed by atoms with Crippen LogP contribution >= 0.6 is 11.6 Å². The number of fused-ring (bicyclic) bond motifs is 1.